The SMILES string of the molecule is CN=C(NCCNc1nccc(C(F)(F)F)n1)N(C)Cc1ccc(SC)cc1.I. The number of nitrogens with one attached hydrogen (secondary N) is 2. The summed E-state index contributed by atoms with van der Waals surface area (Å²) in [5, 5.41) is 5.94. The molecule has 0 radical (unpaired) electrons. The van der Waals surface area contributed by atoms with Gasteiger partial charge in [0.1, 0.15) is 5.69 Å². The highest BCUT2D eigenvalue weighted by Gasteiger charge is 2.32. The Balaban J connectivity index is 0.00000420. The van der Waals surface area contributed by atoms with Crippen LogP contribution in [0.3, 0.4) is 0 Å². The summed E-state index contributed by atoms with van der Waals surface area (Å²) >= 11 is 1.69. The van der Waals surface area contributed by atoms with Gasteiger partial charge in [0, 0.05) is 44.8 Å². The van der Waals surface area contributed by atoms with Crippen LogP contribution >= 0.6 is 35.7 Å². The summed E-state index contributed by atoms with van der Waals surface area (Å²) in [4.78, 5) is 14.7. The zero-order chi connectivity index (χ0) is 20.6. The second kappa shape index (κ2) is 12.1. The minimum atomic E-state index is -4.49. The average molecular weight is 540 g/mol. The van der Waals surface area contributed by atoms with E-state index in [1.54, 1.807) is 18.8 Å². The van der Waals surface area contributed by atoms with E-state index in [4.69, 9.17) is 0 Å². The van der Waals surface area contributed by atoms with Gasteiger partial charge in [0.15, 0.2) is 5.96 Å². The smallest absolute Gasteiger partial charge is 0.354 e. The van der Waals surface area contributed by atoms with E-state index in [-0.39, 0.29) is 29.9 Å². The summed E-state index contributed by atoms with van der Waals surface area (Å²) in [7, 11) is 3.60. The predicted molar refractivity (Wildman–Crippen MR) is 122 cm³/mol. The van der Waals surface area contributed by atoms with Gasteiger partial charge in [-0.3, -0.25) is 4.99 Å². The molecule has 1 heterocycles. The van der Waals surface area contributed by atoms with Gasteiger partial charge in [-0.1, -0.05) is 12.1 Å². The van der Waals surface area contributed by atoms with Crippen LogP contribution in [0.15, 0.2) is 46.4 Å². The van der Waals surface area contributed by atoms with Crippen molar-refractivity contribution in [1.29, 1.82) is 0 Å². The monoisotopic (exact) mass is 540 g/mol. The Bertz CT molecular complexity index is 786. The van der Waals surface area contributed by atoms with E-state index in [1.165, 1.54) is 4.90 Å². The van der Waals surface area contributed by atoms with Gasteiger partial charge in [-0.2, -0.15) is 13.2 Å². The number of alkyl halides is 3. The van der Waals surface area contributed by atoms with Gasteiger partial charge in [-0.15, -0.1) is 35.7 Å². The molecule has 0 spiro atoms. The number of benzene rings is 1. The predicted octanol–water partition coefficient (Wildman–Crippen LogP) is 3.95. The van der Waals surface area contributed by atoms with Gasteiger partial charge in [-0.25, -0.2) is 9.97 Å². The molecule has 2 N–H and O–H groups in total. The summed E-state index contributed by atoms with van der Waals surface area (Å²) < 4.78 is 38.0. The molecule has 0 amide bonds. The fourth-order valence-electron chi connectivity index (χ4n) is 2.41. The first-order chi connectivity index (χ1) is 13.3. The number of halogens is 4. The molecule has 2 aromatic rings. The maximum absolute atomic E-state index is 12.7. The summed E-state index contributed by atoms with van der Waals surface area (Å²) in [6.07, 6.45) is -1.37. The highest BCUT2D eigenvalue weighted by molar-refractivity contribution is 14.0. The molecule has 6 nitrogen and oxygen atoms in total. The van der Waals surface area contributed by atoms with Crippen molar-refractivity contribution >= 4 is 47.6 Å². The van der Waals surface area contributed by atoms with Crippen molar-refractivity contribution in [3.8, 4) is 0 Å². The van der Waals surface area contributed by atoms with E-state index in [2.05, 4.69) is 49.9 Å². The maximum Gasteiger partial charge on any atom is 0.433 e. The Labute approximate surface area is 189 Å². The zero-order valence-corrected chi connectivity index (χ0v) is 19.5. The molecule has 1 aromatic carbocycles. The van der Waals surface area contributed by atoms with E-state index >= 15 is 0 Å². The lowest BCUT2D eigenvalue weighted by Crippen LogP contribution is -2.40. The van der Waals surface area contributed by atoms with Crippen molar-refractivity contribution in [3.05, 3.63) is 47.8 Å². The third-order valence-electron chi connectivity index (χ3n) is 3.79. The van der Waals surface area contributed by atoms with Crippen LogP contribution in [0.4, 0.5) is 19.1 Å². The molecule has 1 aromatic heterocycles. The third kappa shape index (κ3) is 8.25. The van der Waals surface area contributed by atoms with E-state index in [9.17, 15) is 13.2 Å². The summed E-state index contributed by atoms with van der Waals surface area (Å²) in [6, 6.07) is 9.13. The number of hydrogen-bond acceptors (Lipinski definition) is 5. The summed E-state index contributed by atoms with van der Waals surface area (Å²) in [5.74, 6) is 0.620. The first kappa shape index (κ1) is 25.3. The molecule has 29 heavy (non-hydrogen) atoms. The molecule has 0 atom stereocenters. The molecular weight excluding hydrogens is 516 g/mol. The van der Waals surface area contributed by atoms with Crippen LogP contribution in [0.1, 0.15) is 11.3 Å². The number of aromatic nitrogens is 2. The zero-order valence-electron chi connectivity index (χ0n) is 16.3. The first-order valence-corrected chi connectivity index (χ1v) is 9.74. The first-order valence-electron chi connectivity index (χ1n) is 8.52. The van der Waals surface area contributed by atoms with E-state index in [1.807, 2.05) is 18.2 Å². The lowest BCUT2D eigenvalue weighted by molar-refractivity contribution is -0.141. The maximum atomic E-state index is 12.7. The number of thioether (sulfide) groups is 1. The number of anilines is 1. The minimum Gasteiger partial charge on any atom is -0.354 e. The molecule has 0 unspecified atom stereocenters. The lowest BCUT2D eigenvalue weighted by atomic mass is 10.2. The molecule has 160 valence electrons. The standard InChI is InChI=1S/C18H23F3N6S.HI/c1-22-17(27(2)12-13-4-6-14(28-3)7-5-13)25-11-10-24-16-23-9-8-15(26-16)18(19,20)21;/h4-9H,10-12H2,1-3H3,(H,22,25)(H,23,24,26);1H. The second-order valence-electron chi connectivity index (χ2n) is 5.87. The Morgan fingerprint density at radius 3 is 2.45 bits per heavy atom. The molecule has 2 rings (SSSR count). The quantitative estimate of drug-likeness (QED) is 0.182. The van der Waals surface area contributed by atoms with Gasteiger partial charge in [-0.05, 0) is 30.0 Å². The van der Waals surface area contributed by atoms with Crippen molar-refractivity contribution in [1.82, 2.24) is 20.2 Å². The molecule has 0 aliphatic rings. The molecule has 0 saturated heterocycles. The van der Waals surface area contributed by atoms with Crippen LogP contribution in [0.2, 0.25) is 0 Å². The van der Waals surface area contributed by atoms with E-state index in [0.717, 1.165) is 17.8 Å². The van der Waals surface area contributed by atoms with Crippen LogP contribution < -0.4 is 10.6 Å². The third-order valence-corrected chi connectivity index (χ3v) is 4.53. The Morgan fingerprint density at radius 1 is 1.17 bits per heavy atom. The number of nitrogens with zero attached hydrogens (tertiary/aromatic N) is 4. The van der Waals surface area contributed by atoms with Gasteiger partial charge < -0.3 is 15.5 Å². The van der Waals surface area contributed by atoms with Gasteiger partial charge >= 0.3 is 6.18 Å². The highest BCUT2D eigenvalue weighted by Crippen LogP contribution is 2.27. The molecule has 0 saturated carbocycles. The fraction of sp³-hybridized carbons (Fsp3) is 0.389. The van der Waals surface area contributed by atoms with Crippen molar-refractivity contribution in [2.24, 2.45) is 4.99 Å². The van der Waals surface area contributed by atoms with Crippen molar-refractivity contribution < 1.29 is 13.2 Å². The van der Waals surface area contributed by atoms with Crippen LogP contribution in [-0.4, -0.2) is 54.3 Å². The van der Waals surface area contributed by atoms with Crippen molar-refractivity contribution in [2.45, 2.75) is 17.6 Å². The molecule has 11 heteroatoms. The number of rotatable bonds is 7. The Kier molecular flexibility index (Phi) is 10.5. The number of aliphatic imine (C=N–C) groups is 1. The molecular formula is C18H24F3IN6S. The van der Waals surface area contributed by atoms with Crippen molar-refractivity contribution in [2.75, 3.05) is 38.8 Å². The normalized spacial score (nSPS) is 11.6. The molecule has 0 bridgehead atoms. The molecule has 0 aliphatic carbocycles. The van der Waals surface area contributed by atoms with Crippen LogP contribution in [0.25, 0.3) is 0 Å². The second-order valence-corrected chi connectivity index (χ2v) is 6.75. The van der Waals surface area contributed by atoms with E-state index < -0.39 is 11.9 Å². The van der Waals surface area contributed by atoms with Crippen LogP contribution in [-0.2, 0) is 12.7 Å². The van der Waals surface area contributed by atoms with Gasteiger partial charge in [0.2, 0.25) is 5.95 Å². The highest BCUT2D eigenvalue weighted by atomic mass is 127. The van der Waals surface area contributed by atoms with Crippen LogP contribution in [0.5, 0.6) is 0 Å². The van der Waals surface area contributed by atoms with Gasteiger partial charge in [0.25, 0.3) is 0 Å². The summed E-state index contributed by atoms with van der Waals surface area (Å²) in [5.41, 5.74) is 0.180. The fourth-order valence-corrected chi connectivity index (χ4v) is 2.82. The van der Waals surface area contributed by atoms with Gasteiger partial charge in [0.05, 0.1) is 0 Å². The average Bonchev–Trinajstić information content (AvgIpc) is 2.68. The van der Waals surface area contributed by atoms with Crippen molar-refractivity contribution in [3.63, 3.8) is 0 Å². The Hall–Kier alpha value is -1.76. The number of hydrogen-bond donors (Lipinski definition) is 2. The minimum absolute atomic E-state index is 0. The van der Waals surface area contributed by atoms with E-state index in [0.29, 0.717) is 25.6 Å². The molecule has 0 aliphatic heterocycles. The largest absolute Gasteiger partial charge is 0.433 e. The lowest BCUT2D eigenvalue weighted by Gasteiger charge is -2.22. The number of guanidine groups is 1. The van der Waals surface area contributed by atoms with Crippen LogP contribution in [0, 0.1) is 0 Å². The topological polar surface area (TPSA) is 65.4 Å². The molecule has 0 fully saturated rings. The summed E-state index contributed by atoms with van der Waals surface area (Å²) in [6.45, 7) is 1.47. The Morgan fingerprint density at radius 2 is 1.86 bits per heavy atom.